The highest BCUT2D eigenvalue weighted by Gasteiger charge is 2.31. The highest BCUT2D eigenvalue weighted by molar-refractivity contribution is 9.09. The fourth-order valence-corrected chi connectivity index (χ4v) is 3.22. The summed E-state index contributed by atoms with van der Waals surface area (Å²) in [5, 5.41) is 0.998. The van der Waals surface area contributed by atoms with E-state index in [1.54, 1.807) is 6.26 Å². The summed E-state index contributed by atoms with van der Waals surface area (Å²) >= 11 is 3.68. The smallest absolute Gasteiger partial charge is 0.117 e. The van der Waals surface area contributed by atoms with E-state index in [2.05, 4.69) is 57.2 Å². The number of rotatable bonds is 7. The minimum absolute atomic E-state index is 0.534. The van der Waals surface area contributed by atoms with Crippen molar-refractivity contribution in [1.82, 2.24) is 4.90 Å². The predicted octanol–water partition coefficient (Wildman–Crippen LogP) is 4.42. The number of hydrogen-bond acceptors (Lipinski definition) is 2. The van der Waals surface area contributed by atoms with E-state index in [0.717, 1.165) is 30.2 Å². The van der Waals surface area contributed by atoms with Crippen molar-refractivity contribution in [3.05, 3.63) is 60.1 Å². The van der Waals surface area contributed by atoms with Gasteiger partial charge in [0.2, 0.25) is 0 Å². The summed E-state index contributed by atoms with van der Waals surface area (Å²) in [6.45, 7) is 2.01. The van der Waals surface area contributed by atoms with Gasteiger partial charge in [0, 0.05) is 23.8 Å². The molecule has 2 aromatic rings. The topological polar surface area (TPSA) is 16.4 Å². The lowest BCUT2D eigenvalue weighted by atomic mass is 10.0. The molecular weight excluding hydrogens is 314 g/mol. The molecular formula is C17H20BrNO. The van der Waals surface area contributed by atoms with Crippen LogP contribution in [0.2, 0.25) is 0 Å². The zero-order valence-corrected chi connectivity index (χ0v) is 13.1. The second-order valence-electron chi connectivity index (χ2n) is 5.50. The van der Waals surface area contributed by atoms with Crippen molar-refractivity contribution in [1.29, 1.82) is 0 Å². The maximum atomic E-state index is 5.51. The molecule has 1 heterocycles. The predicted molar refractivity (Wildman–Crippen MR) is 85.1 cm³/mol. The van der Waals surface area contributed by atoms with Crippen LogP contribution >= 0.6 is 15.9 Å². The van der Waals surface area contributed by atoms with Gasteiger partial charge in [0.1, 0.15) is 5.76 Å². The Hall–Kier alpha value is -1.06. The van der Waals surface area contributed by atoms with Gasteiger partial charge in [0.25, 0.3) is 0 Å². The molecule has 3 rings (SSSR count). The fraction of sp³-hybridized carbons (Fsp3) is 0.412. The number of benzene rings is 1. The average molecular weight is 334 g/mol. The van der Waals surface area contributed by atoms with E-state index in [1.807, 2.05) is 6.07 Å². The molecule has 1 saturated carbocycles. The van der Waals surface area contributed by atoms with Crippen molar-refractivity contribution in [3.8, 4) is 0 Å². The van der Waals surface area contributed by atoms with Crippen LogP contribution in [0.1, 0.15) is 30.1 Å². The Bertz CT molecular complexity index is 507. The van der Waals surface area contributed by atoms with Gasteiger partial charge >= 0.3 is 0 Å². The van der Waals surface area contributed by atoms with Gasteiger partial charge in [-0.25, -0.2) is 0 Å². The van der Waals surface area contributed by atoms with Crippen molar-refractivity contribution in [2.24, 2.45) is 0 Å². The van der Waals surface area contributed by atoms with Crippen molar-refractivity contribution in [2.45, 2.75) is 31.3 Å². The van der Waals surface area contributed by atoms with Gasteiger partial charge in [-0.1, -0.05) is 46.3 Å². The molecule has 20 heavy (non-hydrogen) atoms. The van der Waals surface area contributed by atoms with Crippen LogP contribution in [0.5, 0.6) is 0 Å². The number of nitrogens with zero attached hydrogens (tertiary/aromatic N) is 1. The molecule has 0 bridgehead atoms. The first kappa shape index (κ1) is 13.9. The normalized spacial score (nSPS) is 16.5. The second kappa shape index (κ2) is 6.59. The first-order valence-corrected chi connectivity index (χ1v) is 8.36. The van der Waals surface area contributed by atoms with Crippen LogP contribution in [-0.4, -0.2) is 22.8 Å². The molecule has 1 unspecified atom stereocenters. The van der Waals surface area contributed by atoms with Gasteiger partial charge in [0.15, 0.2) is 0 Å². The highest BCUT2D eigenvalue weighted by Crippen LogP contribution is 2.31. The molecule has 1 fully saturated rings. The summed E-state index contributed by atoms with van der Waals surface area (Å²) in [7, 11) is 0. The lowest BCUT2D eigenvalue weighted by Crippen LogP contribution is -2.30. The lowest BCUT2D eigenvalue weighted by molar-refractivity contribution is 0.224. The Balaban J connectivity index is 1.68. The summed E-state index contributed by atoms with van der Waals surface area (Å²) in [4.78, 5) is 2.57. The van der Waals surface area contributed by atoms with Crippen LogP contribution in [-0.2, 0) is 6.54 Å². The van der Waals surface area contributed by atoms with Crippen LogP contribution in [0.4, 0.5) is 0 Å². The molecule has 0 saturated heterocycles. The Labute approximate surface area is 128 Å². The summed E-state index contributed by atoms with van der Waals surface area (Å²) in [5.74, 6) is 1.60. The average Bonchev–Trinajstić information content (AvgIpc) is 3.22. The molecule has 0 amide bonds. The van der Waals surface area contributed by atoms with Crippen LogP contribution in [0.25, 0.3) is 0 Å². The van der Waals surface area contributed by atoms with Gasteiger partial charge in [-0.15, -0.1) is 0 Å². The van der Waals surface area contributed by atoms with E-state index in [1.165, 1.54) is 18.4 Å². The first-order valence-electron chi connectivity index (χ1n) is 7.24. The van der Waals surface area contributed by atoms with Gasteiger partial charge in [-0.05, 0) is 30.5 Å². The van der Waals surface area contributed by atoms with Gasteiger partial charge in [0.05, 0.1) is 12.8 Å². The van der Waals surface area contributed by atoms with E-state index < -0.39 is 0 Å². The second-order valence-corrected chi connectivity index (χ2v) is 6.15. The highest BCUT2D eigenvalue weighted by atomic mass is 79.9. The van der Waals surface area contributed by atoms with Crippen molar-refractivity contribution in [3.63, 3.8) is 0 Å². The van der Waals surface area contributed by atoms with E-state index in [0.29, 0.717) is 5.92 Å². The van der Waals surface area contributed by atoms with E-state index in [-0.39, 0.29) is 0 Å². The molecule has 1 aromatic carbocycles. The number of furan rings is 1. The van der Waals surface area contributed by atoms with Crippen LogP contribution in [0, 0.1) is 0 Å². The monoisotopic (exact) mass is 333 g/mol. The van der Waals surface area contributed by atoms with Crippen LogP contribution in [0.3, 0.4) is 0 Å². The van der Waals surface area contributed by atoms with E-state index in [4.69, 9.17) is 4.42 Å². The molecule has 0 N–H and O–H groups in total. The third-order valence-corrected chi connectivity index (χ3v) is 4.70. The standard InChI is InChI=1S/C17H20BrNO/c18-11-15(14-5-2-1-3-6-14)12-19(16-8-9-16)13-17-7-4-10-20-17/h1-7,10,15-16H,8-9,11-13H2. The zero-order chi connectivity index (χ0) is 13.8. The molecule has 3 heteroatoms. The lowest BCUT2D eigenvalue weighted by Gasteiger charge is -2.26. The quantitative estimate of drug-likeness (QED) is 0.697. The maximum absolute atomic E-state index is 5.51. The van der Waals surface area contributed by atoms with Gasteiger partial charge in [-0.2, -0.15) is 0 Å². The molecule has 1 aromatic heterocycles. The molecule has 1 atom stereocenters. The minimum Gasteiger partial charge on any atom is -0.468 e. The minimum atomic E-state index is 0.534. The molecule has 106 valence electrons. The number of halogens is 1. The van der Waals surface area contributed by atoms with Crippen molar-refractivity contribution in [2.75, 3.05) is 11.9 Å². The van der Waals surface area contributed by atoms with Gasteiger partial charge < -0.3 is 4.42 Å². The van der Waals surface area contributed by atoms with Crippen LogP contribution < -0.4 is 0 Å². The molecule has 1 aliphatic carbocycles. The molecule has 1 aliphatic rings. The third-order valence-electron chi connectivity index (χ3n) is 3.91. The number of alkyl halides is 1. The Morgan fingerprint density at radius 2 is 1.95 bits per heavy atom. The zero-order valence-electron chi connectivity index (χ0n) is 11.5. The fourth-order valence-electron chi connectivity index (χ4n) is 2.64. The SMILES string of the molecule is BrCC(CN(Cc1ccco1)C1CC1)c1ccccc1. The molecule has 0 radical (unpaired) electrons. The maximum Gasteiger partial charge on any atom is 0.117 e. The Kier molecular flexibility index (Phi) is 4.58. The summed E-state index contributed by atoms with van der Waals surface area (Å²) in [5.41, 5.74) is 1.41. The van der Waals surface area contributed by atoms with Crippen molar-refractivity contribution >= 4 is 15.9 Å². The Morgan fingerprint density at radius 1 is 1.15 bits per heavy atom. The molecule has 0 spiro atoms. The Morgan fingerprint density at radius 3 is 2.55 bits per heavy atom. The first-order chi connectivity index (χ1) is 9.86. The van der Waals surface area contributed by atoms with E-state index >= 15 is 0 Å². The third kappa shape index (κ3) is 3.53. The summed E-state index contributed by atoms with van der Waals surface area (Å²) < 4.78 is 5.51. The van der Waals surface area contributed by atoms with Crippen molar-refractivity contribution < 1.29 is 4.42 Å². The van der Waals surface area contributed by atoms with E-state index in [9.17, 15) is 0 Å². The molecule has 0 aliphatic heterocycles. The summed E-state index contributed by atoms with van der Waals surface area (Å²) in [6, 6.07) is 15.6. The van der Waals surface area contributed by atoms with Gasteiger partial charge in [-0.3, -0.25) is 4.90 Å². The largest absolute Gasteiger partial charge is 0.468 e. The van der Waals surface area contributed by atoms with Crippen LogP contribution in [0.15, 0.2) is 53.1 Å². The summed E-state index contributed by atoms with van der Waals surface area (Å²) in [6.07, 6.45) is 4.41. The molecule has 2 nitrogen and oxygen atoms in total. The number of hydrogen-bond donors (Lipinski definition) is 0.